The lowest BCUT2D eigenvalue weighted by molar-refractivity contribution is 0.0994. The summed E-state index contributed by atoms with van der Waals surface area (Å²) in [5.41, 5.74) is 0.705. The summed E-state index contributed by atoms with van der Waals surface area (Å²) < 4.78 is 7.00. The lowest BCUT2D eigenvalue weighted by Crippen LogP contribution is -2.18. The fourth-order valence-corrected chi connectivity index (χ4v) is 2.43. The van der Waals surface area contributed by atoms with Crippen molar-refractivity contribution in [1.29, 1.82) is 0 Å². The van der Waals surface area contributed by atoms with Crippen molar-refractivity contribution in [3.63, 3.8) is 0 Å². The molecule has 2 aromatic heterocycles. The molecule has 126 valence electrons. The van der Waals surface area contributed by atoms with E-state index < -0.39 is 5.91 Å². The van der Waals surface area contributed by atoms with Crippen LogP contribution < -0.4 is 10.9 Å². The van der Waals surface area contributed by atoms with Crippen molar-refractivity contribution in [2.75, 3.05) is 5.32 Å². The highest BCUT2D eigenvalue weighted by atomic mass is 16.4. The number of nitrogens with one attached hydrogen (secondary N) is 1. The van der Waals surface area contributed by atoms with Crippen LogP contribution in [-0.2, 0) is 6.54 Å². The third-order valence-electron chi connectivity index (χ3n) is 3.67. The zero-order valence-corrected chi connectivity index (χ0v) is 13.6. The van der Waals surface area contributed by atoms with Gasteiger partial charge >= 0.3 is 0 Å². The number of hydrogen-bond acceptors (Lipinski definition) is 4. The number of nitrogens with zero attached hydrogens (tertiary/aromatic N) is 1. The molecule has 25 heavy (non-hydrogen) atoms. The van der Waals surface area contributed by atoms with E-state index in [0.29, 0.717) is 17.0 Å². The molecule has 0 aliphatic heterocycles. The molecule has 0 fully saturated rings. The number of furan rings is 1. The van der Waals surface area contributed by atoms with Crippen LogP contribution in [-0.4, -0.2) is 16.3 Å². The Labute approximate surface area is 143 Å². The molecule has 3 rings (SSSR count). The van der Waals surface area contributed by atoms with Crippen LogP contribution in [0, 0.1) is 0 Å². The van der Waals surface area contributed by atoms with Crippen LogP contribution in [0.1, 0.15) is 33.6 Å². The van der Waals surface area contributed by atoms with E-state index in [0.717, 1.165) is 0 Å². The van der Waals surface area contributed by atoms with Crippen molar-refractivity contribution >= 4 is 17.4 Å². The van der Waals surface area contributed by atoms with Crippen molar-refractivity contribution in [2.24, 2.45) is 0 Å². The number of ketones is 1. The lowest BCUT2D eigenvalue weighted by Gasteiger charge is -2.07. The average Bonchev–Trinajstić information content (AvgIpc) is 3.06. The van der Waals surface area contributed by atoms with Crippen LogP contribution in [0.4, 0.5) is 5.69 Å². The molecule has 0 atom stereocenters. The highest BCUT2D eigenvalue weighted by molar-refractivity contribution is 6.07. The fourth-order valence-electron chi connectivity index (χ4n) is 2.43. The molecule has 1 N–H and O–H groups in total. The minimum atomic E-state index is -0.458. The maximum absolute atomic E-state index is 12.3. The van der Waals surface area contributed by atoms with E-state index in [1.807, 2.05) is 0 Å². The predicted molar refractivity (Wildman–Crippen MR) is 92.9 cm³/mol. The third-order valence-corrected chi connectivity index (χ3v) is 3.67. The number of aromatic nitrogens is 1. The van der Waals surface area contributed by atoms with Gasteiger partial charge in [0.05, 0.1) is 12.2 Å². The molecule has 1 amide bonds. The van der Waals surface area contributed by atoms with Gasteiger partial charge in [-0.25, -0.2) is 0 Å². The SMILES string of the molecule is CC(=O)c1ccccc1NC(=O)c1ccc(Cn2ccccc2=O)o1. The van der Waals surface area contributed by atoms with Gasteiger partial charge in [-0.05, 0) is 37.3 Å². The summed E-state index contributed by atoms with van der Waals surface area (Å²) in [5, 5.41) is 2.67. The highest BCUT2D eigenvalue weighted by Gasteiger charge is 2.15. The number of benzene rings is 1. The van der Waals surface area contributed by atoms with Crippen LogP contribution >= 0.6 is 0 Å². The van der Waals surface area contributed by atoms with Gasteiger partial charge < -0.3 is 14.3 Å². The summed E-state index contributed by atoms with van der Waals surface area (Å²) in [6.45, 7) is 1.67. The molecule has 6 nitrogen and oxygen atoms in total. The predicted octanol–water partition coefficient (Wildman–Crippen LogP) is 2.94. The maximum atomic E-state index is 12.3. The number of para-hydroxylation sites is 1. The zero-order valence-electron chi connectivity index (χ0n) is 13.6. The van der Waals surface area contributed by atoms with Crippen molar-refractivity contribution < 1.29 is 14.0 Å². The van der Waals surface area contributed by atoms with Crippen molar-refractivity contribution in [1.82, 2.24) is 4.57 Å². The first-order chi connectivity index (χ1) is 12.0. The minimum Gasteiger partial charge on any atom is -0.454 e. The summed E-state index contributed by atoms with van der Waals surface area (Å²) in [6, 6.07) is 14.8. The normalized spacial score (nSPS) is 10.4. The van der Waals surface area contributed by atoms with Gasteiger partial charge in [-0.15, -0.1) is 0 Å². The van der Waals surface area contributed by atoms with Crippen molar-refractivity contribution in [3.8, 4) is 0 Å². The Bertz CT molecular complexity index is 985. The van der Waals surface area contributed by atoms with Gasteiger partial charge in [-0.1, -0.05) is 18.2 Å². The quantitative estimate of drug-likeness (QED) is 0.726. The van der Waals surface area contributed by atoms with Gasteiger partial charge in [0.15, 0.2) is 11.5 Å². The maximum Gasteiger partial charge on any atom is 0.291 e. The van der Waals surface area contributed by atoms with E-state index in [9.17, 15) is 14.4 Å². The molecule has 0 saturated carbocycles. The van der Waals surface area contributed by atoms with E-state index in [1.54, 1.807) is 48.7 Å². The minimum absolute atomic E-state index is 0.109. The summed E-state index contributed by atoms with van der Waals surface area (Å²) in [6.07, 6.45) is 1.65. The molecule has 0 bridgehead atoms. The van der Waals surface area contributed by atoms with Crippen LogP contribution in [0.25, 0.3) is 0 Å². The number of carbonyl (C=O) groups is 2. The first-order valence-corrected chi connectivity index (χ1v) is 7.70. The zero-order chi connectivity index (χ0) is 17.8. The Balaban J connectivity index is 1.76. The fraction of sp³-hybridized carbons (Fsp3) is 0.105. The Hall–Kier alpha value is -3.41. The molecular weight excluding hydrogens is 320 g/mol. The van der Waals surface area contributed by atoms with E-state index in [4.69, 9.17) is 4.42 Å². The summed E-state index contributed by atoms with van der Waals surface area (Å²) in [7, 11) is 0. The highest BCUT2D eigenvalue weighted by Crippen LogP contribution is 2.18. The van der Waals surface area contributed by atoms with Crippen molar-refractivity contribution in [2.45, 2.75) is 13.5 Å². The molecule has 0 aliphatic carbocycles. The standard InChI is InChI=1S/C19H16N2O4/c1-13(22)15-6-2-3-7-16(15)20-19(24)17-10-9-14(25-17)12-21-11-5-4-8-18(21)23/h2-11H,12H2,1H3,(H,20,24). The number of hydrogen-bond donors (Lipinski definition) is 1. The van der Waals surface area contributed by atoms with Gasteiger partial charge in [0.1, 0.15) is 5.76 Å². The molecule has 0 spiro atoms. The van der Waals surface area contributed by atoms with Crippen molar-refractivity contribution in [3.05, 3.63) is 88.2 Å². The van der Waals surface area contributed by atoms with E-state index in [-0.39, 0.29) is 23.6 Å². The Morgan fingerprint density at radius 1 is 1.04 bits per heavy atom. The number of carbonyl (C=O) groups excluding carboxylic acids is 2. The van der Waals surface area contributed by atoms with Gasteiger partial charge in [0.25, 0.3) is 11.5 Å². The lowest BCUT2D eigenvalue weighted by atomic mass is 10.1. The number of amides is 1. The van der Waals surface area contributed by atoms with Crippen LogP contribution in [0.15, 0.2) is 70.0 Å². The Kier molecular flexibility index (Phi) is 4.61. The van der Waals surface area contributed by atoms with E-state index in [2.05, 4.69) is 5.32 Å². The monoisotopic (exact) mass is 336 g/mol. The first-order valence-electron chi connectivity index (χ1n) is 7.70. The molecule has 3 aromatic rings. The van der Waals surface area contributed by atoms with Gasteiger partial charge in [-0.2, -0.15) is 0 Å². The second-order valence-electron chi connectivity index (χ2n) is 5.49. The van der Waals surface area contributed by atoms with Gasteiger partial charge in [0.2, 0.25) is 0 Å². The molecule has 6 heteroatoms. The second-order valence-corrected chi connectivity index (χ2v) is 5.49. The second kappa shape index (κ2) is 7.00. The molecule has 0 aliphatic rings. The molecule has 0 saturated heterocycles. The van der Waals surface area contributed by atoms with Gasteiger partial charge in [-0.3, -0.25) is 14.4 Å². The summed E-state index contributed by atoms with van der Waals surface area (Å²) in [4.78, 5) is 35.7. The van der Waals surface area contributed by atoms with E-state index >= 15 is 0 Å². The molecule has 2 heterocycles. The van der Waals surface area contributed by atoms with E-state index in [1.165, 1.54) is 23.6 Å². The number of rotatable bonds is 5. The van der Waals surface area contributed by atoms with Crippen LogP contribution in [0.3, 0.4) is 0 Å². The smallest absolute Gasteiger partial charge is 0.291 e. The van der Waals surface area contributed by atoms with Gasteiger partial charge in [0, 0.05) is 17.8 Å². The molecular formula is C19H16N2O4. The average molecular weight is 336 g/mol. The Morgan fingerprint density at radius 3 is 2.56 bits per heavy atom. The number of pyridine rings is 1. The number of Topliss-reactive ketones (excluding diaryl/α,β-unsaturated/α-hetero) is 1. The third kappa shape index (κ3) is 3.74. The van der Waals surface area contributed by atoms with Crippen LogP contribution in [0.5, 0.6) is 0 Å². The largest absolute Gasteiger partial charge is 0.454 e. The molecule has 1 aromatic carbocycles. The molecule has 0 unspecified atom stereocenters. The van der Waals surface area contributed by atoms with Crippen LogP contribution in [0.2, 0.25) is 0 Å². The topological polar surface area (TPSA) is 81.3 Å². The number of anilines is 1. The Morgan fingerprint density at radius 2 is 1.80 bits per heavy atom. The summed E-state index contributed by atoms with van der Waals surface area (Å²) in [5.74, 6) is -0.00418. The summed E-state index contributed by atoms with van der Waals surface area (Å²) >= 11 is 0. The molecule has 0 radical (unpaired) electrons. The first kappa shape index (κ1) is 16.4.